The minimum absolute atomic E-state index is 0.464. The number of fused-ring (bicyclic) bond motifs is 1. The topological polar surface area (TPSA) is 32.3 Å². The fraction of sp³-hybridized carbons (Fsp3) is 0.647. The van der Waals surface area contributed by atoms with E-state index in [9.17, 15) is 5.11 Å². The van der Waals surface area contributed by atoms with Crippen molar-refractivity contribution in [2.45, 2.75) is 54.8 Å². The molecule has 3 unspecified atom stereocenters. The van der Waals surface area contributed by atoms with Crippen LogP contribution >= 0.6 is 11.8 Å². The number of hydrogen-bond acceptors (Lipinski definition) is 3. The number of thioether (sulfide) groups is 1. The van der Waals surface area contributed by atoms with E-state index >= 15 is 0 Å². The largest absolute Gasteiger partial charge is 0.389 e. The quantitative estimate of drug-likeness (QED) is 0.893. The van der Waals surface area contributed by atoms with E-state index in [-0.39, 0.29) is 0 Å². The van der Waals surface area contributed by atoms with Crippen LogP contribution < -0.4 is 5.32 Å². The second-order valence-electron chi connectivity index (χ2n) is 6.61. The summed E-state index contributed by atoms with van der Waals surface area (Å²) >= 11 is 1.98. The molecule has 20 heavy (non-hydrogen) atoms. The van der Waals surface area contributed by atoms with Gasteiger partial charge in [-0.1, -0.05) is 38.0 Å². The van der Waals surface area contributed by atoms with Crippen LogP contribution in [0.15, 0.2) is 29.2 Å². The lowest BCUT2D eigenvalue weighted by atomic mass is 9.79. The first kappa shape index (κ1) is 14.4. The molecule has 110 valence electrons. The number of nitrogens with one attached hydrogen (secondary N) is 1. The van der Waals surface area contributed by atoms with Crippen molar-refractivity contribution in [2.75, 3.05) is 13.1 Å². The van der Waals surface area contributed by atoms with Gasteiger partial charge in [0.25, 0.3) is 0 Å². The predicted octanol–water partition coefficient (Wildman–Crippen LogP) is 3.23. The lowest BCUT2D eigenvalue weighted by Gasteiger charge is -2.36. The monoisotopic (exact) mass is 291 g/mol. The molecule has 1 aromatic carbocycles. The first-order valence-corrected chi connectivity index (χ1v) is 8.70. The average Bonchev–Trinajstić information content (AvgIpc) is 2.80. The van der Waals surface area contributed by atoms with E-state index in [4.69, 9.17) is 0 Å². The molecule has 0 saturated heterocycles. The van der Waals surface area contributed by atoms with Crippen molar-refractivity contribution in [3.05, 3.63) is 29.8 Å². The zero-order valence-electron chi connectivity index (χ0n) is 12.3. The van der Waals surface area contributed by atoms with Crippen LogP contribution in [0.25, 0.3) is 0 Å². The van der Waals surface area contributed by atoms with E-state index < -0.39 is 5.60 Å². The maximum atomic E-state index is 10.6. The highest BCUT2D eigenvalue weighted by Gasteiger charge is 2.32. The summed E-state index contributed by atoms with van der Waals surface area (Å²) in [4.78, 5) is 1.43. The SMILES string of the molecule is CC1CCCC(O)(CNCC2Cc3ccccc3S2)C1. The third-order valence-corrected chi connectivity index (χ3v) is 5.93. The number of aliphatic hydroxyl groups is 1. The van der Waals surface area contributed by atoms with E-state index in [2.05, 4.69) is 36.5 Å². The molecular formula is C17H25NOS. The van der Waals surface area contributed by atoms with Crippen molar-refractivity contribution in [2.24, 2.45) is 5.92 Å². The summed E-state index contributed by atoms with van der Waals surface area (Å²) in [6, 6.07) is 8.70. The highest BCUT2D eigenvalue weighted by Crippen LogP contribution is 2.36. The molecule has 2 nitrogen and oxygen atoms in total. The molecule has 0 aromatic heterocycles. The highest BCUT2D eigenvalue weighted by atomic mass is 32.2. The minimum Gasteiger partial charge on any atom is -0.389 e. The molecule has 1 saturated carbocycles. The Labute approximate surface area is 126 Å². The molecule has 3 atom stereocenters. The van der Waals surface area contributed by atoms with E-state index in [1.165, 1.54) is 23.3 Å². The summed E-state index contributed by atoms with van der Waals surface area (Å²) in [6.07, 6.45) is 5.52. The van der Waals surface area contributed by atoms with Gasteiger partial charge >= 0.3 is 0 Å². The minimum atomic E-state index is -0.464. The fourth-order valence-corrected chi connectivity index (χ4v) is 4.91. The average molecular weight is 291 g/mol. The molecule has 2 N–H and O–H groups in total. The molecule has 0 spiro atoms. The molecular weight excluding hydrogens is 266 g/mol. The van der Waals surface area contributed by atoms with Gasteiger partial charge in [-0.05, 0) is 36.8 Å². The van der Waals surface area contributed by atoms with Crippen molar-refractivity contribution >= 4 is 11.8 Å². The smallest absolute Gasteiger partial charge is 0.0774 e. The van der Waals surface area contributed by atoms with E-state index in [1.54, 1.807) is 0 Å². The molecule has 3 rings (SSSR count). The molecule has 1 fully saturated rings. The normalized spacial score (nSPS) is 33.1. The van der Waals surface area contributed by atoms with E-state index in [1.807, 2.05) is 11.8 Å². The Morgan fingerprint density at radius 3 is 3.05 bits per heavy atom. The standard InChI is InChI=1S/C17H25NOS/c1-13-5-4-8-17(19,10-13)12-18-11-15-9-14-6-2-3-7-16(14)20-15/h2-3,6-7,13,15,18-19H,4-5,8-12H2,1H3. The van der Waals surface area contributed by atoms with Crippen molar-refractivity contribution in [3.8, 4) is 0 Å². The molecule has 0 amide bonds. The number of rotatable bonds is 4. The van der Waals surface area contributed by atoms with Crippen LogP contribution in [-0.4, -0.2) is 29.0 Å². The Bertz CT molecular complexity index is 439. The van der Waals surface area contributed by atoms with E-state index in [0.29, 0.717) is 11.2 Å². The Balaban J connectivity index is 1.45. The van der Waals surface area contributed by atoms with Gasteiger partial charge in [0.15, 0.2) is 0 Å². The maximum Gasteiger partial charge on any atom is 0.0774 e. The lowest BCUT2D eigenvalue weighted by molar-refractivity contribution is -0.0114. The van der Waals surface area contributed by atoms with Gasteiger partial charge in [-0.2, -0.15) is 0 Å². The highest BCUT2D eigenvalue weighted by molar-refractivity contribution is 8.00. The first-order chi connectivity index (χ1) is 9.65. The summed E-state index contributed by atoms with van der Waals surface area (Å²) in [6.45, 7) is 4.01. The van der Waals surface area contributed by atoms with Crippen LogP contribution in [0.5, 0.6) is 0 Å². The molecule has 1 aromatic rings. The van der Waals surface area contributed by atoms with Gasteiger partial charge in [-0.3, -0.25) is 0 Å². The Hall–Kier alpha value is -0.510. The Morgan fingerprint density at radius 1 is 1.40 bits per heavy atom. The van der Waals surface area contributed by atoms with Gasteiger partial charge in [-0.25, -0.2) is 0 Å². The second kappa shape index (κ2) is 6.08. The number of hydrogen-bond donors (Lipinski definition) is 2. The fourth-order valence-electron chi connectivity index (χ4n) is 3.63. The molecule has 2 aliphatic rings. The van der Waals surface area contributed by atoms with Gasteiger partial charge in [0.2, 0.25) is 0 Å². The predicted molar refractivity (Wildman–Crippen MR) is 85.2 cm³/mol. The van der Waals surface area contributed by atoms with Crippen LogP contribution in [0.2, 0.25) is 0 Å². The Kier molecular flexibility index (Phi) is 4.39. The Morgan fingerprint density at radius 2 is 2.25 bits per heavy atom. The van der Waals surface area contributed by atoms with Crippen LogP contribution in [0, 0.1) is 5.92 Å². The van der Waals surface area contributed by atoms with Crippen molar-refractivity contribution in [3.63, 3.8) is 0 Å². The summed E-state index contributed by atoms with van der Waals surface area (Å²) in [5.41, 5.74) is 1.02. The molecule has 3 heteroatoms. The third-order valence-electron chi connectivity index (χ3n) is 4.61. The zero-order valence-corrected chi connectivity index (χ0v) is 13.1. The molecule has 0 bridgehead atoms. The van der Waals surface area contributed by atoms with Gasteiger partial charge in [0.05, 0.1) is 5.60 Å². The molecule has 1 aliphatic carbocycles. The van der Waals surface area contributed by atoms with Gasteiger partial charge in [0, 0.05) is 23.2 Å². The summed E-state index contributed by atoms with van der Waals surface area (Å²) in [5, 5.41) is 14.8. The third kappa shape index (κ3) is 3.38. The van der Waals surface area contributed by atoms with Crippen LogP contribution in [0.3, 0.4) is 0 Å². The number of benzene rings is 1. The van der Waals surface area contributed by atoms with E-state index in [0.717, 1.165) is 32.4 Å². The molecule has 1 aliphatic heterocycles. The summed E-state index contributed by atoms with van der Waals surface area (Å²) < 4.78 is 0. The van der Waals surface area contributed by atoms with Crippen LogP contribution in [-0.2, 0) is 6.42 Å². The van der Waals surface area contributed by atoms with Crippen LogP contribution in [0.1, 0.15) is 38.2 Å². The van der Waals surface area contributed by atoms with Gasteiger partial charge < -0.3 is 10.4 Å². The first-order valence-electron chi connectivity index (χ1n) is 7.82. The van der Waals surface area contributed by atoms with Crippen molar-refractivity contribution in [1.82, 2.24) is 5.32 Å². The van der Waals surface area contributed by atoms with Crippen molar-refractivity contribution < 1.29 is 5.11 Å². The second-order valence-corrected chi connectivity index (χ2v) is 7.95. The molecule has 1 heterocycles. The van der Waals surface area contributed by atoms with Gasteiger partial charge in [0.1, 0.15) is 0 Å². The lowest BCUT2D eigenvalue weighted by Crippen LogP contribution is -2.45. The van der Waals surface area contributed by atoms with Gasteiger partial charge in [-0.15, -0.1) is 11.8 Å². The summed E-state index contributed by atoms with van der Waals surface area (Å²) in [7, 11) is 0. The van der Waals surface area contributed by atoms with Crippen molar-refractivity contribution in [1.29, 1.82) is 0 Å². The van der Waals surface area contributed by atoms with Crippen LogP contribution in [0.4, 0.5) is 0 Å². The summed E-state index contributed by atoms with van der Waals surface area (Å²) in [5.74, 6) is 0.667. The molecule has 0 radical (unpaired) electrons. The zero-order chi connectivity index (χ0) is 14.0. The maximum absolute atomic E-state index is 10.6.